The van der Waals surface area contributed by atoms with Crippen LogP contribution in [-0.4, -0.2) is 0 Å². The molecule has 0 nitrogen and oxygen atoms in total. The predicted molar refractivity (Wildman–Crippen MR) is 120 cm³/mol. The zero-order chi connectivity index (χ0) is 19.5. The van der Waals surface area contributed by atoms with Gasteiger partial charge in [0.15, 0.2) is 4.90 Å². The maximum absolute atomic E-state index is 3.80. The van der Waals surface area contributed by atoms with Gasteiger partial charge in [0.2, 0.25) is 0 Å². The molecule has 0 amide bonds. The van der Waals surface area contributed by atoms with Crippen LogP contribution >= 0.6 is 0 Å². The van der Waals surface area contributed by atoms with Crippen LogP contribution in [0.1, 0.15) is 53.0 Å². The summed E-state index contributed by atoms with van der Waals surface area (Å²) in [5.74, 6) is 6.35. The van der Waals surface area contributed by atoms with Gasteiger partial charge in [-0.15, -0.1) is 13.2 Å². The molecular weight excluding hydrogens is 320 g/mol. The molecule has 0 spiro atoms. The Morgan fingerprint density at radius 1 is 1.04 bits per heavy atom. The van der Waals surface area contributed by atoms with Gasteiger partial charge < -0.3 is 0 Å². The molecular formula is C24H35S+. The molecule has 136 valence electrons. The molecule has 0 heterocycles. The molecule has 0 saturated heterocycles. The quantitative estimate of drug-likeness (QED) is 0.226. The summed E-state index contributed by atoms with van der Waals surface area (Å²) < 4.78 is 0. The molecule has 0 bridgehead atoms. The fourth-order valence-electron chi connectivity index (χ4n) is 1.54. The van der Waals surface area contributed by atoms with E-state index in [0.717, 1.165) is 12.8 Å². The van der Waals surface area contributed by atoms with Crippen molar-refractivity contribution in [1.29, 1.82) is 0 Å². The summed E-state index contributed by atoms with van der Waals surface area (Å²) in [6.07, 6.45) is 9.29. The van der Waals surface area contributed by atoms with Gasteiger partial charge in [0, 0.05) is 31.5 Å². The molecule has 0 aliphatic carbocycles. The zero-order valence-corrected chi connectivity index (χ0v) is 17.8. The molecule has 1 aromatic rings. The van der Waals surface area contributed by atoms with E-state index >= 15 is 0 Å². The van der Waals surface area contributed by atoms with Gasteiger partial charge in [-0.1, -0.05) is 67.7 Å². The van der Waals surface area contributed by atoms with Crippen LogP contribution < -0.4 is 0 Å². The van der Waals surface area contributed by atoms with Crippen LogP contribution in [0, 0.1) is 18.8 Å². The first-order chi connectivity index (χ1) is 12.1. The highest BCUT2D eigenvalue weighted by Crippen LogP contribution is 2.16. The van der Waals surface area contributed by atoms with Gasteiger partial charge in [0.25, 0.3) is 0 Å². The van der Waals surface area contributed by atoms with Gasteiger partial charge in [0.05, 0.1) is 5.57 Å². The molecule has 0 radical (unpaired) electrons. The minimum absolute atomic E-state index is 0.731. The molecule has 25 heavy (non-hydrogen) atoms. The van der Waals surface area contributed by atoms with Crippen LogP contribution in [-0.2, 0) is 11.8 Å². The lowest BCUT2D eigenvalue weighted by Gasteiger charge is -1.98. The van der Waals surface area contributed by atoms with E-state index in [9.17, 15) is 0 Å². The number of allylic oxidation sites excluding steroid dienone is 6. The first-order valence-electron chi connectivity index (χ1n) is 8.85. The molecule has 1 rings (SSSR count). The van der Waals surface area contributed by atoms with Crippen LogP contribution in [0.4, 0.5) is 0 Å². The van der Waals surface area contributed by atoms with E-state index in [0.29, 0.717) is 0 Å². The summed E-state index contributed by atoms with van der Waals surface area (Å²) in [4.78, 5) is 2.59. The normalized spacial score (nSPS) is 10.2. The van der Waals surface area contributed by atoms with Gasteiger partial charge in [0.1, 0.15) is 4.91 Å². The largest absolute Gasteiger partial charge is 0.157 e. The lowest BCUT2D eigenvalue weighted by Crippen LogP contribution is -1.90. The number of aryl methyl sites for hydroxylation is 1. The molecule has 0 aliphatic heterocycles. The summed E-state index contributed by atoms with van der Waals surface area (Å²) in [6, 6.07) is 8.63. The average molecular weight is 356 g/mol. The van der Waals surface area contributed by atoms with Crippen LogP contribution in [0.3, 0.4) is 0 Å². The van der Waals surface area contributed by atoms with E-state index in [1.54, 1.807) is 0 Å². The van der Waals surface area contributed by atoms with Crippen molar-refractivity contribution in [2.75, 3.05) is 0 Å². The van der Waals surface area contributed by atoms with Crippen LogP contribution in [0.25, 0.3) is 0 Å². The minimum atomic E-state index is 0.731. The second kappa shape index (κ2) is 18.4. The molecule has 0 aliphatic rings. The van der Waals surface area contributed by atoms with Gasteiger partial charge in [-0.05, 0) is 32.9 Å². The fraction of sp³-hybridized carbons (Fsp3) is 0.333. The van der Waals surface area contributed by atoms with Crippen LogP contribution in [0.5, 0.6) is 0 Å². The Labute approximate surface area is 160 Å². The van der Waals surface area contributed by atoms with Gasteiger partial charge in [-0.2, -0.15) is 0 Å². The monoisotopic (exact) mass is 355 g/mol. The molecule has 0 unspecified atom stereocenters. The summed E-state index contributed by atoms with van der Waals surface area (Å²) in [6.45, 7) is 19.7. The Kier molecular flexibility index (Phi) is 18.7. The van der Waals surface area contributed by atoms with Crippen molar-refractivity contribution >= 4 is 11.8 Å². The Hall–Kier alpha value is -1.91. The van der Waals surface area contributed by atoms with Crippen molar-refractivity contribution < 1.29 is 0 Å². The number of thiol groups is 1. The van der Waals surface area contributed by atoms with Crippen molar-refractivity contribution in [3.63, 3.8) is 0 Å². The topological polar surface area (TPSA) is 0 Å². The van der Waals surface area contributed by atoms with Gasteiger partial charge >= 0.3 is 0 Å². The third-order valence-corrected chi connectivity index (χ3v) is 4.10. The number of hydrogen-bond acceptors (Lipinski definition) is 0. The third-order valence-electron chi connectivity index (χ3n) is 2.93. The molecule has 0 atom stereocenters. The van der Waals surface area contributed by atoms with Crippen molar-refractivity contribution in [2.24, 2.45) is 0 Å². The van der Waals surface area contributed by atoms with Gasteiger partial charge in [-0.25, -0.2) is 0 Å². The van der Waals surface area contributed by atoms with Crippen LogP contribution in [0.15, 0.2) is 77.1 Å². The number of hydrogen-bond donors (Lipinski definition) is 0. The third kappa shape index (κ3) is 14.2. The molecule has 1 aromatic carbocycles. The van der Waals surface area contributed by atoms with Crippen LogP contribution in [0.2, 0.25) is 0 Å². The fourth-order valence-corrected chi connectivity index (χ4v) is 2.51. The van der Waals surface area contributed by atoms with Crippen molar-refractivity contribution in [3.8, 4) is 11.8 Å². The van der Waals surface area contributed by atoms with E-state index in [2.05, 4.69) is 63.1 Å². The number of rotatable bonds is 5. The maximum atomic E-state index is 3.80. The summed E-state index contributed by atoms with van der Waals surface area (Å²) in [5.41, 5.74) is 2.46. The van der Waals surface area contributed by atoms with Gasteiger partial charge in [-0.3, -0.25) is 0 Å². The summed E-state index contributed by atoms with van der Waals surface area (Å²) >= 11 is 1.22. The highest BCUT2D eigenvalue weighted by Gasteiger charge is 2.09. The summed E-state index contributed by atoms with van der Waals surface area (Å²) in [5, 5.41) is 0. The first-order valence-corrected chi connectivity index (χ1v) is 9.74. The highest BCUT2D eigenvalue weighted by atomic mass is 32.2. The van der Waals surface area contributed by atoms with E-state index < -0.39 is 0 Å². The van der Waals surface area contributed by atoms with Crippen molar-refractivity contribution in [1.82, 2.24) is 0 Å². The molecule has 0 aromatic heterocycles. The van der Waals surface area contributed by atoms with E-state index in [1.165, 1.54) is 32.7 Å². The molecule has 1 heteroatoms. The van der Waals surface area contributed by atoms with E-state index in [4.69, 9.17) is 0 Å². The van der Waals surface area contributed by atoms with E-state index in [1.807, 2.05) is 52.0 Å². The standard InChI is InChI=1S/C18H20S.C4H8.C2H6/c1-5-7-8-10-17(9-6-2)16(4)19-18-13-11-15(3)12-14-18;1-3-4-2;1-2/h5-6,11-14H,1-2,7,9H2,3-4H3;3-4H,1-2H3;1-2H3/p+1/b17-16+;4-3-;. The smallest absolute Gasteiger partial charge is 0.103 e. The highest BCUT2D eigenvalue weighted by molar-refractivity contribution is 7.82. The van der Waals surface area contributed by atoms with Crippen molar-refractivity contribution in [2.45, 2.75) is 59.3 Å². The Morgan fingerprint density at radius 2 is 1.60 bits per heavy atom. The first kappa shape index (κ1) is 25.3. The zero-order valence-electron chi connectivity index (χ0n) is 16.9. The Morgan fingerprint density at radius 3 is 2.04 bits per heavy atom. The molecule has 0 fully saturated rings. The maximum Gasteiger partial charge on any atom is 0.157 e. The van der Waals surface area contributed by atoms with E-state index in [-0.39, 0.29) is 0 Å². The molecule has 0 saturated carbocycles. The lowest BCUT2D eigenvalue weighted by atomic mass is 10.2. The SMILES string of the molecule is C/C=C\C.C=CCC#C/C(CC=C)=C(\C)[SH+]c1ccc(C)cc1.CC. The number of benzene rings is 1. The second-order valence-electron chi connectivity index (χ2n) is 4.97. The predicted octanol–water partition coefficient (Wildman–Crippen LogP) is 7.21. The molecule has 0 N–H and O–H groups in total. The van der Waals surface area contributed by atoms with Crippen molar-refractivity contribution in [3.05, 3.63) is 77.8 Å². The average Bonchev–Trinajstić information content (AvgIpc) is 2.65. The Balaban J connectivity index is 0. The minimum Gasteiger partial charge on any atom is -0.103 e. The summed E-state index contributed by atoms with van der Waals surface area (Å²) in [7, 11) is 0. The lowest BCUT2D eigenvalue weighted by molar-refractivity contribution is 1.28. The Bertz CT molecular complexity index is 585. The second-order valence-corrected chi connectivity index (χ2v) is 6.38.